The van der Waals surface area contributed by atoms with Crippen molar-refractivity contribution in [3.05, 3.63) is 84.0 Å². The molecule has 2 aromatic carbocycles. The summed E-state index contributed by atoms with van der Waals surface area (Å²) in [6.45, 7) is 6.20. The van der Waals surface area contributed by atoms with Gasteiger partial charge in [0, 0.05) is 19.4 Å². The molecule has 0 saturated carbocycles. The third-order valence-corrected chi connectivity index (χ3v) is 7.29. The zero-order valence-electron chi connectivity index (χ0n) is 25.7. The molecule has 0 radical (unpaired) electrons. The number of benzene rings is 2. The largest absolute Gasteiger partial charge is 0.450 e. The Morgan fingerprint density at radius 3 is 2.26 bits per heavy atom. The van der Waals surface area contributed by atoms with Crippen LogP contribution in [-0.4, -0.2) is 36.0 Å². The summed E-state index contributed by atoms with van der Waals surface area (Å²) in [4.78, 5) is 38.3. The van der Waals surface area contributed by atoms with E-state index in [1.54, 1.807) is 6.08 Å². The average molecular weight is 585 g/mol. The van der Waals surface area contributed by atoms with E-state index in [4.69, 9.17) is 14.2 Å². The van der Waals surface area contributed by atoms with Gasteiger partial charge in [0.1, 0.15) is 5.75 Å². The fraction of sp³-hybridized carbons (Fsp3) is 0.432. The number of carbonyl (C=O) groups is 3. The van der Waals surface area contributed by atoms with Crippen LogP contribution in [0.15, 0.2) is 72.8 Å². The van der Waals surface area contributed by atoms with Crippen LogP contribution in [0.2, 0.25) is 0 Å². The SMILES string of the molecule is CCCCC#CC(=O)C(C)OC(=O)c1ccc(OC(=O)C2(OCCCCCCCC)C=CC(c3ccccc3)=CC2)cc1. The van der Waals surface area contributed by atoms with Crippen LogP contribution in [0.3, 0.4) is 0 Å². The van der Waals surface area contributed by atoms with Crippen LogP contribution in [0, 0.1) is 11.8 Å². The molecule has 0 bridgehead atoms. The van der Waals surface area contributed by atoms with E-state index >= 15 is 0 Å². The molecule has 2 atom stereocenters. The highest BCUT2D eigenvalue weighted by Gasteiger charge is 2.40. The number of rotatable bonds is 16. The normalized spacial score (nSPS) is 16.4. The lowest BCUT2D eigenvalue weighted by Gasteiger charge is -2.30. The smallest absolute Gasteiger partial charge is 0.348 e. The van der Waals surface area contributed by atoms with Crippen molar-refractivity contribution in [3.63, 3.8) is 0 Å². The summed E-state index contributed by atoms with van der Waals surface area (Å²) in [7, 11) is 0. The number of ketones is 1. The monoisotopic (exact) mass is 584 g/mol. The fourth-order valence-corrected chi connectivity index (χ4v) is 4.57. The van der Waals surface area contributed by atoms with E-state index in [1.807, 2.05) is 42.5 Å². The predicted molar refractivity (Wildman–Crippen MR) is 169 cm³/mol. The number of ether oxygens (including phenoxy) is 3. The van der Waals surface area contributed by atoms with Gasteiger partial charge in [0.2, 0.25) is 5.78 Å². The lowest BCUT2D eigenvalue weighted by Crippen LogP contribution is -2.43. The second-order valence-corrected chi connectivity index (χ2v) is 10.8. The summed E-state index contributed by atoms with van der Waals surface area (Å²) in [5, 5.41) is 0. The maximum atomic E-state index is 13.5. The molecule has 228 valence electrons. The van der Waals surface area contributed by atoms with E-state index in [0.717, 1.165) is 43.2 Å². The van der Waals surface area contributed by atoms with Gasteiger partial charge >= 0.3 is 11.9 Å². The van der Waals surface area contributed by atoms with Crippen molar-refractivity contribution in [1.82, 2.24) is 0 Å². The quantitative estimate of drug-likeness (QED) is 0.0653. The topological polar surface area (TPSA) is 78.9 Å². The van der Waals surface area contributed by atoms with Gasteiger partial charge in [-0.25, -0.2) is 9.59 Å². The van der Waals surface area contributed by atoms with Crippen LogP contribution in [0.25, 0.3) is 5.57 Å². The Labute approximate surface area is 256 Å². The van der Waals surface area contributed by atoms with Gasteiger partial charge in [0.15, 0.2) is 11.7 Å². The summed E-state index contributed by atoms with van der Waals surface area (Å²) in [6.07, 6.45) is 14.3. The van der Waals surface area contributed by atoms with E-state index in [-0.39, 0.29) is 11.3 Å². The Bertz CT molecular complexity index is 1310. The molecule has 0 aromatic heterocycles. The number of unbranched alkanes of at least 4 members (excludes halogenated alkanes) is 7. The third kappa shape index (κ3) is 10.7. The minimum absolute atomic E-state index is 0.237. The molecule has 6 heteroatoms. The lowest BCUT2D eigenvalue weighted by atomic mass is 9.89. The molecule has 0 fully saturated rings. The molecule has 0 spiro atoms. The Morgan fingerprint density at radius 1 is 0.884 bits per heavy atom. The van der Waals surface area contributed by atoms with Gasteiger partial charge in [-0.3, -0.25) is 4.79 Å². The average Bonchev–Trinajstić information content (AvgIpc) is 3.03. The molecule has 1 aliphatic rings. The van der Waals surface area contributed by atoms with E-state index < -0.39 is 29.4 Å². The van der Waals surface area contributed by atoms with Crippen molar-refractivity contribution in [2.45, 2.75) is 96.7 Å². The van der Waals surface area contributed by atoms with Gasteiger partial charge in [-0.2, -0.15) is 0 Å². The van der Waals surface area contributed by atoms with Crippen LogP contribution in [-0.2, 0) is 19.1 Å². The van der Waals surface area contributed by atoms with Crippen molar-refractivity contribution in [2.24, 2.45) is 0 Å². The first kappa shape index (κ1) is 33.6. The Balaban J connectivity index is 1.63. The number of hydrogen-bond donors (Lipinski definition) is 0. The van der Waals surface area contributed by atoms with Gasteiger partial charge < -0.3 is 14.2 Å². The fourth-order valence-electron chi connectivity index (χ4n) is 4.57. The van der Waals surface area contributed by atoms with Crippen molar-refractivity contribution in [3.8, 4) is 17.6 Å². The second kappa shape index (κ2) is 17.9. The van der Waals surface area contributed by atoms with Crippen LogP contribution < -0.4 is 4.74 Å². The Morgan fingerprint density at radius 2 is 1.58 bits per heavy atom. The standard InChI is InChI=1S/C37H44O6/c1-4-6-8-10-11-16-28-41-37(26-24-31(25-27-37)30-17-13-12-14-18-30)36(40)43-33-22-20-32(21-23-33)35(39)42-29(3)34(38)19-15-9-7-5-2/h12-14,17-18,20-26,29H,4-11,16,27-28H2,1-3H3. The first-order valence-corrected chi connectivity index (χ1v) is 15.5. The van der Waals surface area contributed by atoms with Crippen LogP contribution in [0.4, 0.5) is 0 Å². The highest BCUT2D eigenvalue weighted by atomic mass is 16.6. The van der Waals surface area contributed by atoms with Crippen LogP contribution >= 0.6 is 0 Å². The zero-order valence-corrected chi connectivity index (χ0v) is 25.7. The highest BCUT2D eigenvalue weighted by molar-refractivity contribution is 6.01. The summed E-state index contributed by atoms with van der Waals surface area (Å²) in [5.41, 5.74) is 1.08. The first-order chi connectivity index (χ1) is 20.9. The molecule has 0 aliphatic heterocycles. The number of hydrogen-bond acceptors (Lipinski definition) is 6. The maximum Gasteiger partial charge on any atom is 0.348 e. The van der Waals surface area contributed by atoms with Crippen LogP contribution in [0.5, 0.6) is 5.75 Å². The minimum Gasteiger partial charge on any atom is -0.450 e. The molecule has 1 aliphatic carbocycles. The van der Waals surface area contributed by atoms with Gasteiger partial charge in [0.25, 0.3) is 0 Å². The van der Waals surface area contributed by atoms with Gasteiger partial charge in [-0.05, 0) is 67.2 Å². The summed E-state index contributed by atoms with van der Waals surface area (Å²) < 4.78 is 17.3. The van der Waals surface area contributed by atoms with Crippen molar-refractivity contribution in [2.75, 3.05) is 6.61 Å². The Kier molecular flexibility index (Phi) is 14.0. The molecule has 2 aromatic rings. The number of allylic oxidation sites excluding steroid dienone is 2. The summed E-state index contributed by atoms with van der Waals surface area (Å²) in [6, 6.07) is 16.1. The molecule has 2 unspecified atom stereocenters. The number of carbonyl (C=O) groups excluding carboxylic acids is 3. The van der Waals surface area contributed by atoms with Gasteiger partial charge in [0.05, 0.1) is 5.56 Å². The molecule has 0 heterocycles. The van der Waals surface area contributed by atoms with E-state index in [0.29, 0.717) is 19.4 Å². The van der Waals surface area contributed by atoms with Gasteiger partial charge in [-0.1, -0.05) is 101 Å². The third-order valence-electron chi connectivity index (χ3n) is 7.29. The first-order valence-electron chi connectivity index (χ1n) is 15.5. The summed E-state index contributed by atoms with van der Waals surface area (Å²) in [5.74, 6) is 4.02. The summed E-state index contributed by atoms with van der Waals surface area (Å²) >= 11 is 0. The molecule has 6 nitrogen and oxygen atoms in total. The zero-order chi connectivity index (χ0) is 30.9. The minimum atomic E-state index is -1.24. The van der Waals surface area contributed by atoms with Crippen molar-refractivity contribution in [1.29, 1.82) is 0 Å². The predicted octanol–water partition coefficient (Wildman–Crippen LogP) is 8.06. The highest BCUT2D eigenvalue weighted by Crippen LogP contribution is 2.32. The molecule has 43 heavy (non-hydrogen) atoms. The molecular formula is C37H44O6. The molecular weight excluding hydrogens is 540 g/mol. The maximum absolute atomic E-state index is 13.5. The van der Waals surface area contributed by atoms with E-state index in [2.05, 4.69) is 25.7 Å². The molecule has 3 rings (SSSR count). The van der Waals surface area contributed by atoms with Crippen LogP contribution in [0.1, 0.15) is 101 Å². The number of esters is 2. The van der Waals surface area contributed by atoms with Crippen molar-refractivity contribution < 1.29 is 28.6 Å². The van der Waals surface area contributed by atoms with E-state index in [1.165, 1.54) is 50.5 Å². The molecule has 0 amide bonds. The second-order valence-electron chi connectivity index (χ2n) is 10.8. The number of Topliss-reactive ketones (excluding diaryl/α,β-unsaturated/α-hetero) is 1. The van der Waals surface area contributed by atoms with Crippen molar-refractivity contribution >= 4 is 23.3 Å². The molecule has 0 saturated heterocycles. The Hall–Kier alpha value is -3.95. The lowest BCUT2D eigenvalue weighted by molar-refractivity contribution is -0.156. The van der Waals surface area contributed by atoms with E-state index in [9.17, 15) is 14.4 Å². The molecule has 0 N–H and O–H groups in total. The van der Waals surface area contributed by atoms with Gasteiger partial charge in [-0.15, -0.1) is 0 Å².